The molecule has 3 atom stereocenters. The number of rotatable bonds is 31. The molecule has 2 amide bonds. The van der Waals surface area contributed by atoms with E-state index in [1.807, 2.05) is 74.5 Å². The summed E-state index contributed by atoms with van der Waals surface area (Å²) in [6.45, 7) is 14.6. The molecule has 1 aromatic heterocycles. The summed E-state index contributed by atoms with van der Waals surface area (Å²) in [6.07, 6.45) is 5.89. The lowest BCUT2D eigenvalue weighted by molar-refractivity contribution is -0.156. The summed E-state index contributed by atoms with van der Waals surface area (Å²) in [6, 6.07) is 17.8. The molecule has 346 valence electrons. The van der Waals surface area contributed by atoms with Crippen molar-refractivity contribution in [3.63, 3.8) is 0 Å². The number of carbonyl (C=O) groups is 5. The smallest absolute Gasteiger partial charge is 0.308 e. The summed E-state index contributed by atoms with van der Waals surface area (Å²) in [5.41, 5.74) is 0.579. The number of hydrogen-bond acceptors (Lipinski definition) is 11. The van der Waals surface area contributed by atoms with Crippen molar-refractivity contribution in [3.05, 3.63) is 71.9 Å². The van der Waals surface area contributed by atoms with E-state index < -0.39 is 65.6 Å². The van der Waals surface area contributed by atoms with Gasteiger partial charge in [0.15, 0.2) is 12.1 Å². The molecule has 0 saturated heterocycles. The number of Topliss-reactive ketones (excluding diaryl/α,β-unsaturated/α-hetero) is 2. The molecule has 0 unspecified atom stereocenters. The van der Waals surface area contributed by atoms with Crippen LogP contribution in [0.3, 0.4) is 0 Å². The third kappa shape index (κ3) is 20.0. The predicted octanol–water partition coefficient (Wildman–Crippen LogP) is 6.08. The first kappa shape index (κ1) is 52.4. The second-order valence-electron chi connectivity index (χ2n) is 16.9. The van der Waals surface area contributed by atoms with E-state index in [1.165, 1.54) is 0 Å². The molecule has 2 aromatic carbocycles. The van der Waals surface area contributed by atoms with Gasteiger partial charge in [-0.25, -0.2) is 0 Å². The Bertz CT molecular complexity index is 1880. The first-order valence-corrected chi connectivity index (χ1v) is 21.9. The van der Waals surface area contributed by atoms with Gasteiger partial charge in [0.1, 0.15) is 18.0 Å². The predicted molar refractivity (Wildman–Crippen MR) is 241 cm³/mol. The summed E-state index contributed by atoms with van der Waals surface area (Å²) in [7, 11) is 0. The molecule has 0 spiro atoms. The van der Waals surface area contributed by atoms with Gasteiger partial charge in [0.2, 0.25) is 11.8 Å². The van der Waals surface area contributed by atoms with Gasteiger partial charge in [-0.15, -0.1) is 12.3 Å². The maximum absolute atomic E-state index is 14.5. The van der Waals surface area contributed by atoms with E-state index in [1.54, 1.807) is 34.6 Å². The van der Waals surface area contributed by atoms with Gasteiger partial charge in [-0.3, -0.25) is 24.0 Å². The lowest BCUT2D eigenvalue weighted by Gasteiger charge is -2.36. The Morgan fingerprint density at radius 1 is 0.778 bits per heavy atom. The van der Waals surface area contributed by atoms with Crippen LogP contribution in [0.15, 0.2) is 60.7 Å². The van der Waals surface area contributed by atoms with Crippen molar-refractivity contribution in [1.82, 2.24) is 15.6 Å². The fraction of sp³-hybridized carbons (Fsp3) is 0.571. The van der Waals surface area contributed by atoms with Crippen molar-refractivity contribution in [1.29, 1.82) is 0 Å². The number of H-pyrrole nitrogens is 1. The minimum Gasteiger partial charge on any atom is -0.460 e. The van der Waals surface area contributed by atoms with Crippen LogP contribution >= 0.6 is 0 Å². The van der Waals surface area contributed by atoms with Crippen molar-refractivity contribution in [2.24, 2.45) is 11.8 Å². The lowest BCUT2D eigenvalue weighted by Crippen LogP contribution is -2.54. The van der Waals surface area contributed by atoms with E-state index in [4.69, 9.17) is 34.8 Å². The first-order chi connectivity index (χ1) is 30.0. The highest BCUT2D eigenvalue weighted by molar-refractivity contribution is 5.95. The van der Waals surface area contributed by atoms with Crippen molar-refractivity contribution in [2.75, 3.05) is 52.9 Å². The highest BCUT2D eigenvalue weighted by Crippen LogP contribution is 2.27. The average Bonchev–Trinajstić information content (AvgIpc) is 3.64. The van der Waals surface area contributed by atoms with Crippen molar-refractivity contribution < 1.29 is 52.4 Å². The molecule has 1 heterocycles. The summed E-state index contributed by atoms with van der Waals surface area (Å²) in [5, 5.41) is 6.69. The number of terminal acetylenes is 1. The van der Waals surface area contributed by atoms with Crippen LogP contribution < -0.4 is 10.6 Å². The monoisotopic (exact) mass is 875 g/mol. The van der Waals surface area contributed by atoms with Crippen LogP contribution in [0.1, 0.15) is 91.8 Å². The number of fused-ring (bicyclic) bond motifs is 1. The van der Waals surface area contributed by atoms with Crippen molar-refractivity contribution >= 4 is 40.3 Å². The molecular formula is C49H69N3O11. The van der Waals surface area contributed by atoms with E-state index >= 15 is 0 Å². The standard InChI is InChI=1S/C49H69N3O11/c1-9-12-22-42(53)39(29-35-18-14-13-15-19-35)49(7,8)52-47(57)37(31-38-30-36-20-16-17-21-40(36)50-38)32-43(54)41(33-45(56)63-48(4,5)6)51-44(55)34-60-28-27-59-26-25-58-24-23-46(61-10-2)62-11-3/h1,13-21,30,37,39,41,46,50H,10-12,22-29,31-34H2,2-8H3,(H,51,55)(H,52,57)/t37-,39+,41+/m1/s1. The number of aromatic nitrogens is 1. The highest BCUT2D eigenvalue weighted by atomic mass is 16.7. The molecule has 14 nitrogen and oxygen atoms in total. The Morgan fingerprint density at radius 3 is 2.05 bits per heavy atom. The van der Waals surface area contributed by atoms with Crippen LogP contribution in [0.25, 0.3) is 10.9 Å². The zero-order valence-electron chi connectivity index (χ0n) is 38.3. The average molecular weight is 876 g/mol. The zero-order valence-corrected chi connectivity index (χ0v) is 38.3. The lowest BCUT2D eigenvalue weighted by atomic mass is 9.78. The van der Waals surface area contributed by atoms with Gasteiger partial charge in [0.25, 0.3) is 0 Å². The van der Waals surface area contributed by atoms with Gasteiger partial charge in [-0.05, 0) is 84.4 Å². The molecular weight excluding hydrogens is 807 g/mol. The highest BCUT2D eigenvalue weighted by Gasteiger charge is 2.39. The quantitative estimate of drug-likeness (QED) is 0.0295. The number of carbonyl (C=O) groups excluding carboxylic acids is 5. The third-order valence-corrected chi connectivity index (χ3v) is 10.1. The molecule has 14 heteroatoms. The molecule has 3 rings (SSSR count). The molecule has 0 fully saturated rings. The Hall–Kier alpha value is -4.91. The van der Waals surface area contributed by atoms with Crippen molar-refractivity contribution in [2.45, 2.75) is 117 Å². The molecule has 0 radical (unpaired) electrons. The van der Waals surface area contributed by atoms with Gasteiger partial charge in [0.05, 0.1) is 51.4 Å². The maximum Gasteiger partial charge on any atom is 0.308 e. The van der Waals surface area contributed by atoms with Crippen LogP contribution in [-0.2, 0) is 65.2 Å². The van der Waals surface area contributed by atoms with E-state index in [0.717, 1.165) is 16.5 Å². The van der Waals surface area contributed by atoms with E-state index in [9.17, 15) is 24.0 Å². The molecule has 63 heavy (non-hydrogen) atoms. The first-order valence-electron chi connectivity index (χ1n) is 21.9. The second-order valence-corrected chi connectivity index (χ2v) is 16.9. The van der Waals surface area contributed by atoms with E-state index in [0.29, 0.717) is 51.6 Å². The summed E-state index contributed by atoms with van der Waals surface area (Å²) in [5.74, 6) is -1.50. The number of nitrogens with one attached hydrogen (secondary N) is 3. The van der Waals surface area contributed by atoms with E-state index in [-0.39, 0.29) is 51.0 Å². The van der Waals surface area contributed by atoms with Gasteiger partial charge in [-0.1, -0.05) is 48.5 Å². The number of ether oxygens (including phenoxy) is 6. The SMILES string of the molecule is C#CCCC(=O)[C@H](Cc1ccccc1)C(C)(C)NC(=O)[C@@H](CC(=O)[C@H](CC(=O)OC(C)(C)C)NC(=O)COCCOCCOCCC(OCC)OCC)Cc1cc2ccccc2[nH]1. The Kier molecular flexibility index (Phi) is 22.7. The number of para-hydroxylation sites is 1. The number of esters is 1. The maximum atomic E-state index is 14.5. The molecule has 0 aliphatic carbocycles. The van der Waals surface area contributed by atoms with Gasteiger partial charge >= 0.3 is 5.97 Å². The van der Waals surface area contributed by atoms with Crippen LogP contribution in [0, 0.1) is 24.2 Å². The Balaban J connectivity index is 1.73. The molecule has 3 N–H and O–H groups in total. The number of benzene rings is 2. The van der Waals surface area contributed by atoms with Crippen LogP contribution in [0.2, 0.25) is 0 Å². The summed E-state index contributed by atoms with van der Waals surface area (Å²) >= 11 is 0. The summed E-state index contributed by atoms with van der Waals surface area (Å²) < 4.78 is 33.2. The van der Waals surface area contributed by atoms with E-state index in [2.05, 4.69) is 21.5 Å². The minimum atomic E-state index is -1.32. The van der Waals surface area contributed by atoms with Crippen LogP contribution in [0.4, 0.5) is 0 Å². The van der Waals surface area contributed by atoms with Gasteiger partial charge in [0, 0.05) is 61.6 Å². The number of aromatic amines is 1. The fourth-order valence-electron chi connectivity index (χ4n) is 7.05. The number of amides is 2. The topological polar surface area (TPSA) is 181 Å². The van der Waals surface area contributed by atoms with Crippen molar-refractivity contribution in [3.8, 4) is 12.3 Å². The van der Waals surface area contributed by atoms with Crippen LogP contribution in [-0.4, -0.2) is 111 Å². The molecule has 3 aromatic rings. The molecule has 0 bridgehead atoms. The Morgan fingerprint density at radius 2 is 1.41 bits per heavy atom. The van der Waals surface area contributed by atoms with Crippen LogP contribution in [0.5, 0.6) is 0 Å². The molecule has 0 aliphatic rings. The third-order valence-electron chi connectivity index (χ3n) is 10.1. The summed E-state index contributed by atoms with van der Waals surface area (Å²) in [4.78, 5) is 72.1. The zero-order chi connectivity index (χ0) is 46.3. The Labute approximate surface area is 373 Å². The molecule has 0 saturated carbocycles. The normalized spacial score (nSPS) is 13.3. The minimum absolute atomic E-state index is 0.0891. The second kappa shape index (κ2) is 27.3. The number of ketones is 2. The number of hydrogen-bond donors (Lipinski definition) is 3. The largest absolute Gasteiger partial charge is 0.460 e. The van der Waals surface area contributed by atoms with Gasteiger partial charge in [-0.2, -0.15) is 0 Å². The fourth-order valence-corrected chi connectivity index (χ4v) is 7.05. The molecule has 0 aliphatic heterocycles. The van der Waals surface area contributed by atoms with Gasteiger partial charge < -0.3 is 44.0 Å².